The lowest BCUT2D eigenvalue weighted by atomic mass is 10.1. The monoisotopic (exact) mass is 279 g/mol. The Balaban J connectivity index is 2.65. The predicted octanol–water partition coefficient (Wildman–Crippen LogP) is 1.25. The highest BCUT2D eigenvalue weighted by Gasteiger charge is 2.31. The minimum absolute atomic E-state index is 0.423. The molecule has 2 N–H and O–H groups in total. The van der Waals surface area contributed by atoms with Crippen molar-refractivity contribution in [3.8, 4) is 5.75 Å². The van der Waals surface area contributed by atoms with Crippen molar-refractivity contribution in [1.29, 1.82) is 0 Å². The Hall–Kier alpha value is -2.37. The summed E-state index contributed by atoms with van der Waals surface area (Å²) < 4.78 is 5.38. The van der Waals surface area contributed by atoms with E-state index >= 15 is 0 Å². The first-order chi connectivity index (χ1) is 9.26. The van der Waals surface area contributed by atoms with Crippen LogP contribution in [0.25, 0.3) is 0 Å². The summed E-state index contributed by atoms with van der Waals surface area (Å²) in [5.74, 6) is -1.24. The van der Waals surface area contributed by atoms with Gasteiger partial charge in [0.25, 0.3) is 5.91 Å². The normalized spacial score (nSPS) is 12.3. The van der Waals surface area contributed by atoms with Crippen molar-refractivity contribution < 1.29 is 24.2 Å². The molecule has 0 saturated carbocycles. The van der Waals surface area contributed by atoms with E-state index in [0.717, 1.165) is 0 Å². The first-order valence-corrected chi connectivity index (χ1v) is 6.03. The second kappa shape index (κ2) is 6.18. The van der Waals surface area contributed by atoms with Crippen LogP contribution in [0.1, 0.15) is 31.1 Å². The van der Waals surface area contributed by atoms with E-state index in [1.165, 1.54) is 20.8 Å². The van der Waals surface area contributed by atoms with Gasteiger partial charge in [-0.1, -0.05) is 0 Å². The number of aliphatic carboxylic acids is 1. The van der Waals surface area contributed by atoms with Crippen molar-refractivity contribution in [2.45, 2.75) is 32.4 Å². The number of carbonyl (C=O) groups excluding carboxylic acids is 2. The van der Waals surface area contributed by atoms with Crippen LogP contribution in [-0.2, 0) is 9.59 Å². The van der Waals surface area contributed by atoms with Crippen LogP contribution in [0.2, 0.25) is 0 Å². The Morgan fingerprint density at radius 2 is 1.85 bits per heavy atom. The van der Waals surface area contributed by atoms with Crippen LogP contribution < -0.4 is 10.1 Å². The van der Waals surface area contributed by atoms with Gasteiger partial charge >= 0.3 is 5.97 Å². The molecule has 0 spiro atoms. The molecule has 1 atom stereocenters. The quantitative estimate of drug-likeness (QED) is 0.764. The van der Waals surface area contributed by atoms with Crippen LogP contribution >= 0.6 is 0 Å². The van der Waals surface area contributed by atoms with Gasteiger partial charge in [-0.25, -0.2) is 4.79 Å². The molecule has 1 aromatic rings. The van der Waals surface area contributed by atoms with Gasteiger partial charge in [0.1, 0.15) is 17.6 Å². The van der Waals surface area contributed by atoms with E-state index in [4.69, 9.17) is 9.84 Å². The smallest absolute Gasteiger partial charge is 0.328 e. The van der Waals surface area contributed by atoms with Crippen molar-refractivity contribution in [3.05, 3.63) is 29.8 Å². The number of hydrogen-bond acceptors (Lipinski definition) is 4. The average molecular weight is 279 g/mol. The zero-order chi connectivity index (χ0) is 15.3. The van der Waals surface area contributed by atoms with Gasteiger partial charge in [-0.05, 0) is 45.0 Å². The topological polar surface area (TPSA) is 92.7 Å². The molecule has 0 aliphatic carbocycles. The zero-order valence-electron chi connectivity index (χ0n) is 11.5. The molecule has 20 heavy (non-hydrogen) atoms. The van der Waals surface area contributed by atoms with E-state index in [1.54, 1.807) is 24.3 Å². The van der Waals surface area contributed by atoms with Crippen LogP contribution in [0.15, 0.2) is 24.3 Å². The first-order valence-electron chi connectivity index (χ1n) is 6.03. The van der Waals surface area contributed by atoms with Crippen molar-refractivity contribution in [1.82, 2.24) is 5.32 Å². The van der Waals surface area contributed by atoms with Crippen LogP contribution in [0.4, 0.5) is 0 Å². The van der Waals surface area contributed by atoms with Gasteiger partial charge < -0.3 is 15.2 Å². The molecule has 108 valence electrons. The van der Waals surface area contributed by atoms with Crippen LogP contribution in [0.5, 0.6) is 5.75 Å². The second-order valence-electron chi connectivity index (χ2n) is 4.87. The molecule has 1 amide bonds. The summed E-state index contributed by atoms with van der Waals surface area (Å²) in [7, 11) is 0. The maximum atomic E-state index is 11.8. The fraction of sp³-hybridized carbons (Fsp3) is 0.357. The molecule has 6 nitrogen and oxygen atoms in total. The third-order valence-electron chi connectivity index (χ3n) is 2.67. The maximum Gasteiger partial charge on any atom is 0.328 e. The van der Waals surface area contributed by atoms with E-state index in [0.29, 0.717) is 17.6 Å². The Morgan fingerprint density at radius 3 is 2.30 bits per heavy atom. The van der Waals surface area contributed by atoms with Crippen LogP contribution in [-0.4, -0.2) is 34.9 Å². The molecule has 0 bridgehead atoms. The van der Waals surface area contributed by atoms with Crippen molar-refractivity contribution in [3.63, 3.8) is 0 Å². The first kappa shape index (κ1) is 15.7. The molecule has 1 rings (SSSR count). The lowest BCUT2D eigenvalue weighted by Gasteiger charge is -2.23. The number of carboxylic acid groups (broad SMARTS) is 1. The number of hydrogen-bond donors (Lipinski definition) is 2. The van der Waals surface area contributed by atoms with Gasteiger partial charge in [-0.15, -0.1) is 0 Å². The molecule has 0 aliphatic heterocycles. The minimum atomic E-state index is -1.37. The molecule has 1 unspecified atom stereocenters. The highest BCUT2D eigenvalue weighted by atomic mass is 16.5. The molecule has 0 heterocycles. The summed E-state index contributed by atoms with van der Waals surface area (Å²) in [5.41, 5.74) is -0.864. The lowest BCUT2D eigenvalue weighted by Crippen LogP contribution is -2.53. The van der Waals surface area contributed by atoms with Gasteiger partial charge in [0.05, 0.1) is 0 Å². The third kappa shape index (κ3) is 4.08. The Morgan fingerprint density at radius 1 is 1.30 bits per heavy atom. The lowest BCUT2D eigenvalue weighted by molar-refractivity contribution is -0.147. The third-order valence-corrected chi connectivity index (χ3v) is 2.67. The molecule has 0 fully saturated rings. The van der Waals surface area contributed by atoms with Gasteiger partial charge in [0, 0.05) is 5.56 Å². The molecule has 6 heteroatoms. The van der Waals surface area contributed by atoms with Gasteiger partial charge in [0.15, 0.2) is 6.10 Å². The summed E-state index contributed by atoms with van der Waals surface area (Å²) in [6.45, 7) is 4.29. The number of carbonyl (C=O) groups is 3. The molecule has 1 aromatic carbocycles. The van der Waals surface area contributed by atoms with E-state index in [9.17, 15) is 14.4 Å². The fourth-order valence-electron chi connectivity index (χ4n) is 1.35. The van der Waals surface area contributed by atoms with E-state index in [-0.39, 0.29) is 0 Å². The van der Waals surface area contributed by atoms with E-state index in [2.05, 4.69) is 5.32 Å². The molecular weight excluding hydrogens is 262 g/mol. The number of nitrogens with one attached hydrogen (secondary N) is 1. The molecular formula is C14H17NO5. The highest BCUT2D eigenvalue weighted by Crippen LogP contribution is 2.13. The van der Waals surface area contributed by atoms with Gasteiger partial charge in [-0.2, -0.15) is 0 Å². The van der Waals surface area contributed by atoms with Crippen LogP contribution in [0, 0.1) is 0 Å². The predicted molar refractivity (Wildman–Crippen MR) is 71.8 cm³/mol. The standard InChI is InChI=1S/C14H17NO5/c1-9(12(17)15-14(2,3)13(18)19)20-11-6-4-10(8-16)5-7-11/h4-9H,1-3H3,(H,15,17)(H,18,19). The Bertz CT molecular complexity index is 507. The molecule has 0 aliphatic rings. The summed E-state index contributed by atoms with van der Waals surface area (Å²) in [4.78, 5) is 33.3. The van der Waals surface area contributed by atoms with E-state index in [1.807, 2.05) is 0 Å². The summed E-state index contributed by atoms with van der Waals surface area (Å²) >= 11 is 0. The maximum absolute atomic E-state index is 11.8. The zero-order valence-corrected chi connectivity index (χ0v) is 11.5. The summed E-state index contributed by atoms with van der Waals surface area (Å²) in [6.07, 6.45) is -0.148. The number of rotatable bonds is 6. The molecule has 0 radical (unpaired) electrons. The number of benzene rings is 1. The average Bonchev–Trinajstić information content (AvgIpc) is 2.38. The summed E-state index contributed by atoms with van der Waals surface area (Å²) in [5, 5.41) is 11.3. The number of carboxylic acids is 1. The SMILES string of the molecule is CC(Oc1ccc(C=O)cc1)C(=O)NC(C)(C)C(=O)O. The highest BCUT2D eigenvalue weighted by molar-refractivity contribution is 5.88. The second-order valence-corrected chi connectivity index (χ2v) is 4.87. The largest absolute Gasteiger partial charge is 0.481 e. The van der Waals surface area contributed by atoms with Crippen molar-refractivity contribution in [2.24, 2.45) is 0 Å². The number of amides is 1. The fourth-order valence-corrected chi connectivity index (χ4v) is 1.35. The van der Waals surface area contributed by atoms with Gasteiger partial charge in [0.2, 0.25) is 0 Å². The van der Waals surface area contributed by atoms with Crippen LogP contribution in [0.3, 0.4) is 0 Å². The summed E-state index contributed by atoms with van der Waals surface area (Å²) in [6, 6.07) is 6.26. The Labute approximate surface area is 116 Å². The minimum Gasteiger partial charge on any atom is -0.481 e. The number of ether oxygens (including phenoxy) is 1. The molecule has 0 saturated heterocycles. The van der Waals surface area contributed by atoms with Crippen molar-refractivity contribution >= 4 is 18.2 Å². The van der Waals surface area contributed by atoms with Crippen molar-refractivity contribution in [2.75, 3.05) is 0 Å². The van der Waals surface area contributed by atoms with Gasteiger partial charge in [-0.3, -0.25) is 9.59 Å². The number of aldehydes is 1. The Kier molecular flexibility index (Phi) is 4.85. The molecule has 0 aromatic heterocycles. The van der Waals surface area contributed by atoms with E-state index < -0.39 is 23.5 Å².